The number of hydrogen-bond donors (Lipinski definition) is 2. The number of carboxylic acid groups (broad SMARTS) is 1. The molecule has 0 aromatic rings. The molecule has 0 aromatic carbocycles. The van der Waals surface area contributed by atoms with Gasteiger partial charge in [0.1, 0.15) is 0 Å². The van der Waals surface area contributed by atoms with Gasteiger partial charge in [-0.15, -0.1) is 0 Å². The average Bonchev–Trinajstić information content (AvgIpc) is 1.88. The Hall–Kier alpha value is -1.10. The van der Waals surface area contributed by atoms with Crippen molar-refractivity contribution >= 4 is 11.9 Å². The topological polar surface area (TPSA) is 77.8 Å². The van der Waals surface area contributed by atoms with Gasteiger partial charge in [-0.1, -0.05) is 0 Å². The fourth-order valence-corrected chi connectivity index (χ4v) is 0.586. The number of amides is 1. The van der Waals surface area contributed by atoms with Crippen LogP contribution in [0.2, 0.25) is 0 Å². The van der Waals surface area contributed by atoms with Gasteiger partial charge in [0.15, 0.2) is 6.04 Å². The largest absolute Gasteiger partial charge is 0.480 e. The van der Waals surface area contributed by atoms with Crippen molar-refractivity contribution in [2.75, 3.05) is 13.7 Å². The third-order valence-electron chi connectivity index (χ3n) is 1.42. The first kappa shape index (κ1) is 9.90. The molecule has 5 nitrogen and oxygen atoms in total. The second-order valence-corrected chi connectivity index (χ2v) is 2.17. The number of aliphatic hydroxyl groups excluding tert-OH is 1. The number of hydrogen-bond acceptors (Lipinski definition) is 3. The molecular formula is C6H11NO4. The van der Waals surface area contributed by atoms with Gasteiger partial charge in [-0.2, -0.15) is 0 Å². The zero-order valence-corrected chi connectivity index (χ0v) is 6.44. The molecule has 0 aromatic heterocycles. The Labute approximate surface area is 64.2 Å². The molecule has 0 saturated heterocycles. The van der Waals surface area contributed by atoms with Crippen molar-refractivity contribution in [3.8, 4) is 0 Å². The molecule has 1 unspecified atom stereocenters. The van der Waals surface area contributed by atoms with Crippen LogP contribution in [0.3, 0.4) is 0 Å². The Morgan fingerprint density at radius 1 is 1.55 bits per heavy atom. The van der Waals surface area contributed by atoms with Gasteiger partial charge in [-0.3, -0.25) is 4.79 Å². The number of rotatable bonds is 3. The van der Waals surface area contributed by atoms with Crippen molar-refractivity contribution in [3.63, 3.8) is 0 Å². The molecule has 5 heteroatoms. The van der Waals surface area contributed by atoms with Crippen LogP contribution in [-0.4, -0.2) is 46.7 Å². The summed E-state index contributed by atoms with van der Waals surface area (Å²) in [4.78, 5) is 21.9. The van der Waals surface area contributed by atoms with E-state index in [2.05, 4.69) is 0 Å². The number of likely N-dealkylation sites (N-methyl/N-ethyl adjacent to an activating group) is 1. The summed E-state index contributed by atoms with van der Waals surface area (Å²) in [6.07, 6.45) is 0. The molecule has 0 rings (SSSR count). The second kappa shape index (κ2) is 3.92. The fourth-order valence-electron chi connectivity index (χ4n) is 0.586. The van der Waals surface area contributed by atoms with Crippen molar-refractivity contribution in [1.82, 2.24) is 4.90 Å². The molecule has 0 spiro atoms. The summed E-state index contributed by atoms with van der Waals surface area (Å²) in [5.74, 6) is -1.59. The quantitative estimate of drug-likeness (QED) is 0.551. The number of nitrogens with zero attached hydrogens (tertiary/aromatic N) is 1. The molecule has 2 N–H and O–H groups in total. The van der Waals surface area contributed by atoms with Gasteiger partial charge < -0.3 is 15.1 Å². The fraction of sp³-hybridized carbons (Fsp3) is 0.667. The van der Waals surface area contributed by atoms with Crippen LogP contribution in [0.15, 0.2) is 0 Å². The van der Waals surface area contributed by atoms with E-state index in [1.807, 2.05) is 0 Å². The van der Waals surface area contributed by atoms with Crippen LogP contribution in [0, 0.1) is 0 Å². The molecular weight excluding hydrogens is 150 g/mol. The third-order valence-corrected chi connectivity index (χ3v) is 1.42. The van der Waals surface area contributed by atoms with Gasteiger partial charge in [0, 0.05) is 14.0 Å². The van der Waals surface area contributed by atoms with Crippen LogP contribution in [0.1, 0.15) is 6.92 Å². The lowest BCUT2D eigenvalue weighted by atomic mass is 10.3. The summed E-state index contributed by atoms with van der Waals surface area (Å²) in [5, 5.41) is 17.0. The molecule has 0 heterocycles. The smallest absolute Gasteiger partial charge is 0.328 e. The van der Waals surface area contributed by atoms with Crippen LogP contribution >= 0.6 is 0 Å². The van der Waals surface area contributed by atoms with Crippen molar-refractivity contribution in [2.24, 2.45) is 0 Å². The van der Waals surface area contributed by atoms with E-state index >= 15 is 0 Å². The maximum Gasteiger partial charge on any atom is 0.328 e. The van der Waals surface area contributed by atoms with E-state index in [-0.39, 0.29) is 5.91 Å². The normalized spacial score (nSPS) is 12.3. The Kier molecular flexibility index (Phi) is 3.53. The van der Waals surface area contributed by atoms with Gasteiger partial charge in [-0.25, -0.2) is 4.79 Å². The summed E-state index contributed by atoms with van der Waals surface area (Å²) < 4.78 is 0. The Balaban J connectivity index is 4.25. The maximum absolute atomic E-state index is 10.6. The average molecular weight is 161 g/mol. The molecule has 0 aliphatic carbocycles. The van der Waals surface area contributed by atoms with E-state index < -0.39 is 18.6 Å². The minimum atomic E-state index is -1.20. The van der Waals surface area contributed by atoms with Crippen LogP contribution < -0.4 is 0 Å². The predicted molar refractivity (Wildman–Crippen MR) is 37.0 cm³/mol. The maximum atomic E-state index is 10.6. The van der Waals surface area contributed by atoms with E-state index in [0.717, 1.165) is 4.90 Å². The zero-order valence-electron chi connectivity index (χ0n) is 6.44. The molecule has 1 amide bonds. The lowest BCUT2D eigenvalue weighted by Crippen LogP contribution is -2.43. The molecule has 0 saturated carbocycles. The zero-order chi connectivity index (χ0) is 9.02. The molecule has 0 fully saturated rings. The van der Waals surface area contributed by atoms with Crippen LogP contribution in [0.5, 0.6) is 0 Å². The number of carbonyl (C=O) groups excluding carboxylic acids is 1. The van der Waals surface area contributed by atoms with Crippen LogP contribution in [0.4, 0.5) is 0 Å². The minimum absolute atomic E-state index is 0.383. The van der Waals surface area contributed by atoms with Crippen molar-refractivity contribution in [2.45, 2.75) is 13.0 Å². The van der Waals surface area contributed by atoms with Gasteiger partial charge >= 0.3 is 5.97 Å². The highest BCUT2D eigenvalue weighted by Crippen LogP contribution is 1.95. The van der Waals surface area contributed by atoms with Gasteiger partial charge in [0.05, 0.1) is 6.61 Å². The number of aliphatic hydroxyl groups is 1. The van der Waals surface area contributed by atoms with E-state index in [1.54, 1.807) is 0 Å². The minimum Gasteiger partial charge on any atom is -0.480 e. The molecule has 0 bridgehead atoms. The highest BCUT2D eigenvalue weighted by atomic mass is 16.4. The SMILES string of the molecule is CC(=O)N(C)C(CO)C(=O)O. The summed E-state index contributed by atoms with van der Waals surface area (Å²) in [7, 11) is 1.33. The van der Waals surface area contributed by atoms with E-state index in [4.69, 9.17) is 10.2 Å². The number of carbonyl (C=O) groups is 2. The standard InChI is InChI=1S/C6H11NO4/c1-4(9)7(2)5(3-8)6(10)11/h5,8H,3H2,1-2H3,(H,10,11). The molecule has 0 aliphatic rings. The monoisotopic (exact) mass is 161 g/mol. The highest BCUT2D eigenvalue weighted by molar-refractivity contribution is 5.82. The summed E-state index contributed by atoms with van der Waals surface area (Å²) >= 11 is 0. The molecule has 0 aliphatic heterocycles. The van der Waals surface area contributed by atoms with Crippen molar-refractivity contribution in [3.05, 3.63) is 0 Å². The lowest BCUT2D eigenvalue weighted by Gasteiger charge is -2.20. The lowest BCUT2D eigenvalue weighted by molar-refractivity contribution is -0.149. The molecule has 0 radical (unpaired) electrons. The van der Waals surface area contributed by atoms with E-state index in [1.165, 1.54) is 14.0 Å². The van der Waals surface area contributed by atoms with Gasteiger partial charge in [0.25, 0.3) is 0 Å². The predicted octanol–water partition coefficient (Wildman–Crippen LogP) is -1.09. The molecule has 11 heavy (non-hydrogen) atoms. The summed E-state index contributed by atoms with van der Waals surface area (Å²) in [6, 6.07) is -1.13. The van der Waals surface area contributed by atoms with Crippen molar-refractivity contribution < 1.29 is 19.8 Å². The second-order valence-electron chi connectivity index (χ2n) is 2.17. The van der Waals surface area contributed by atoms with Crippen molar-refractivity contribution in [1.29, 1.82) is 0 Å². The number of aliphatic carboxylic acids is 1. The highest BCUT2D eigenvalue weighted by Gasteiger charge is 2.22. The van der Waals surface area contributed by atoms with Gasteiger partial charge in [0.2, 0.25) is 5.91 Å². The first-order valence-corrected chi connectivity index (χ1v) is 3.07. The first-order chi connectivity index (χ1) is 5.00. The Bertz CT molecular complexity index is 168. The molecule has 64 valence electrons. The third kappa shape index (κ3) is 2.55. The van der Waals surface area contributed by atoms with Crippen LogP contribution in [-0.2, 0) is 9.59 Å². The van der Waals surface area contributed by atoms with E-state index in [9.17, 15) is 9.59 Å². The summed E-state index contributed by atoms with van der Waals surface area (Å²) in [5.41, 5.74) is 0. The van der Waals surface area contributed by atoms with Crippen LogP contribution in [0.25, 0.3) is 0 Å². The summed E-state index contributed by atoms with van der Waals surface area (Å²) in [6.45, 7) is 0.678. The van der Waals surface area contributed by atoms with Gasteiger partial charge in [-0.05, 0) is 0 Å². The first-order valence-electron chi connectivity index (χ1n) is 3.07. The van der Waals surface area contributed by atoms with E-state index in [0.29, 0.717) is 0 Å². The Morgan fingerprint density at radius 2 is 2.00 bits per heavy atom. The molecule has 1 atom stereocenters. The number of carboxylic acids is 1. The Morgan fingerprint density at radius 3 is 2.09 bits per heavy atom.